The molecule has 3 aromatic rings. The first-order chi connectivity index (χ1) is 18.0. The summed E-state index contributed by atoms with van der Waals surface area (Å²) in [4.78, 5) is 24.7. The van der Waals surface area contributed by atoms with Crippen molar-refractivity contribution in [2.45, 2.75) is 50.2 Å². The van der Waals surface area contributed by atoms with E-state index in [2.05, 4.69) is 20.9 Å². The monoisotopic (exact) mass is 508 g/mol. The number of halogens is 2. The van der Waals surface area contributed by atoms with Crippen molar-refractivity contribution in [2.24, 2.45) is 0 Å². The quantitative estimate of drug-likeness (QED) is 0.524. The van der Waals surface area contributed by atoms with Gasteiger partial charge in [0.15, 0.2) is 0 Å². The van der Waals surface area contributed by atoms with Gasteiger partial charge in [-0.15, -0.1) is 0 Å². The number of nitrogens with zero attached hydrogens (tertiary/aromatic N) is 3. The zero-order valence-corrected chi connectivity index (χ0v) is 20.7. The van der Waals surface area contributed by atoms with E-state index in [0.717, 1.165) is 49.6 Å². The summed E-state index contributed by atoms with van der Waals surface area (Å²) in [5.74, 6) is -0.555. The maximum atomic E-state index is 15.1. The summed E-state index contributed by atoms with van der Waals surface area (Å²) >= 11 is 0. The third-order valence-electron chi connectivity index (χ3n) is 8.15. The van der Waals surface area contributed by atoms with Crippen molar-refractivity contribution in [2.75, 3.05) is 26.8 Å². The van der Waals surface area contributed by atoms with Gasteiger partial charge in [-0.2, -0.15) is 0 Å². The number of nitrogens with one attached hydrogen (secondary N) is 1. The van der Waals surface area contributed by atoms with Gasteiger partial charge < -0.3 is 19.7 Å². The van der Waals surface area contributed by atoms with E-state index in [0.29, 0.717) is 35.4 Å². The van der Waals surface area contributed by atoms with Gasteiger partial charge in [0, 0.05) is 40.8 Å². The highest BCUT2D eigenvalue weighted by molar-refractivity contribution is 5.97. The van der Waals surface area contributed by atoms with Crippen LogP contribution in [0.25, 0.3) is 27.7 Å². The van der Waals surface area contributed by atoms with Crippen LogP contribution in [0.3, 0.4) is 0 Å². The van der Waals surface area contributed by atoms with Gasteiger partial charge >= 0.3 is 0 Å². The first-order valence-corrected chi connectivity index (χ1v) is 12.8. The fourth-order valence-electron chi connectivity index (χ4n) is 6.34. The number of rotatable bonds is 6. The molecule has 5 heterocycles. The standard InChI is InChI=1S/C28H30F2N4O3/c1-37-25-7-4-17(29)11-21(25)27-22-12-24(32-28(22)31-13-23(27)30)16-9-18-5-6-19(10-16)34(18)14-26(36)33-8-2-3-20(33)15-35/h4,7,9,11-13,18-20,35H,2-3,5-6,8,10,14-15H2,1H3,(H,31,32)/t18?,19?,20-/m0/s1. The summed E-state index contributed by atoms with van der Waals surface area (Å²) in [5, 5.41) is 10.2. The number of fused-ring (bicyclic) bond motifs is 3. The molecular weight excluding hydrogens is 478 g/mol. The first-order valence-electron chi connectivity index (χ1n) is 12.8. The molecule has 0 spiro atoms. The molecule has 3 aliphatic heterocycles. The number of carbonyl (C=O) groups excluding carboxylic acids is 1. The summed E-state index contributed by atoms with van der Waals surface area (Å²) in [6.45, 7) is 1.09. The number of carbonyl (C=O) groups is 1. The summed E-state index contributed by atoms with van der Waals surface area (Å²) in [6.07, 6.45) is 7.88. The van der Waals surface area contributed by atoms with Crippen LogP contribution in [0.1, 0.15) is 37.8 Å². The minimum atomic E-state index is -0.549. The fraction of sp³-hybridized carbons (Fsp3) is 0.429. The van der Waals surface area contributed by atoms with Crippen molar-refractivity contribution in [3.8, 4) is 16.9 Å². The molecule has 0 radical (unpaired) electrons. The molecule has 2 bridgehead atoms. The molecule has 0 saturated carbocycles. The zero-order chi connectivity index (χ0) is 25.7. The van der Waals surface area contributed by atoms with Crippen LogP contribution in [0.5, 0.6) is 5.75 Å². The van der Waals surface area contributed by atoms with E-state index in [9.17, 15) is 14.3 Å². The van der Waals surface area contributed by atoms with Crippen molar-refractivity contribution < 1.29 is 23.4 Å². The average molecular weight is 509 g/mol. The number of aromatic nitrogens is 2. The second kappa shape index (κ2) is 9.54. The largest absolute Gasteiger partial charge is 0.496 e. The van der Waals surface area contributed by atoms with Crippen molar-refractivity contribution in [3.63, 3.8) is 0 Å². The van der Waals surface area contributed by atoms with Crippen LogP contribution in [0.2, 0.25) is 0 Å². The lowest BCUT2D eigenvalue weighted by Crippen LogP contribution is -2.48. The molecule has 1 aromatic carbocycles. The number of H-pyrrole nitrogens is 1. The number of ether oxygens (including phenoxy) is 1. The predicted octanol–water partition coefficient (Wildman–Crippen LogP) is 4.12. The highest BCUT2D eigenvalue weighted by atomic mass is 19.1. The number of pyridine rings is 1. The summed E-state index contributed by atoms with van der Waals surface area (Å²) < 4.78 is 34.6. The van der Waals surface area contributed by atoms with Crippen molar-refractivity contribution in [3.05, 3.63) is 53.9 Å². The van der Waals surface area contributed by atoms with Gasteiger partial charge in [0.1, 0.15) is 23.0 Å². The van der Waals surface area contributed by atoms with Gasteiger partial charge in [0.25, 0.3) is 0 Å². The van der Waals surface area contributed by atoms with Crippen LogP contribution in [0.15, 0.2) is 36.5 Å². The van der Waals surface area contributed by atoms with E-state index in [1.165, 1.54) is 25.3 Å². The Morgan fingerprint density at radius 1 is 1.24 bits per heavy atom. The molecule has 9 heteroatoms. The van der Waals surface area contributed by atoms with Crippen LogP contribution in [0.4, 0.5) is 8.78 Å². The predicted molar refractivity (Wildman–Crippen MR) is 136 cm³/mol. The van der Waals surface area contributed by atoms with Gasteiger partial charge in [-0.1, -0.05) is 6.08 Å². The fourth-order valence-corrected chi connectivity index (χ4v) is 6.34. The summed E-state index contributed by atoms with van der Waals surface area (Å²) in [5.41, 5.74) is 3.07. The van der Waals surface area contributed by atoms with E-state index < -0.39 is 11.6 Å². The van der Waals surface area contributed by atoms with Crippen molar-refractivity contribution in [1.29, 1.82) is 0 Å². The highest BCUT2D eigenvalue weighted by Gasteiger charge is 2.40. The van der Waals surface area contributed by atoms with Gasteiger partial charge in [-0.05, 0) is 61.9 Å². The molecule has 7 nitrogen and oxygen atoms in total. The Bertz CT molecular complexity index is 1390. The third kappa shape index (κ3) is 4.20. The Morgan fingerprint density at radius 3 is 2.89 bits per heavy atom. The maximum absolute atomic E-state index is 15.1. The molecule has 2 N–H and O–H groups in total. The molecule has 2 fully saturated rings. The highest BCUT2D eigenvalue weighted by Crippen LogP contribution is 2.41. The second-order valence-electron chi connectivity index (χ2n) is 10.2. The number of aliphatic hydroxyl groups excluding tert-OH is 1. The lowest BCUT2D eigenvalue weighted by Gasteiger charge is -2.35. The summed E-state index contributed by atoms with van der Waals surface area (Å²) in [6, 6.07) is 6.26. The number of aliphatic hydroxyl groups is 1. The number of methoxy groups -OCH3 is 1. The maximum Gasteiger partial charge on any atom is 0.237 e. The van der Waals surface area contributed by atoms with Crippen molar-refractivity contribution >= 4 is 22.5 Å². The lowest BCUT2D eigenvalue weighted by atomic mass is 9.97. The number of likely N-dealkylation sites (tertiary alicyclic amines) is 1. The second-order valence-corrected chi connectivity index (χ2v) is 10.2. The minimum Gasteiger partial charge on any atom is -0.496 e. The number of benzene rings is 1. The van der Waals surface area contributed by atoms with Gasteiger partial charge in [0.2, 0.25) is 5.91 Å². The molecule has 2 saturated heterocycles. The van der Waals surface area contributed by atoms with E-state index >= 15 is 4.39 Å². The number of hydrogen-bond acceptors (Lipinski definition) is 5. The molecule has 37 heavy (non-hydrogen) atoms. The van der Waals surface area contributed by atoms with Crippen LogP contribution >= 0.6 is 0 Å². The topological polar surface area (TPSA) is 81.7 Å². The SMILES string of the molecule is COc1ccc(F)cc1-c1c(F)cnc2[nH]c(C3=CC4CCC(C3)N4CC(=O)N3CCC[C@H]3CO)cc12. The summed E-state index contributed by atoms with van der Waals surface area (Å²) in [7, 11) is 1.47. The normalized spacial score (nSPS) is 23.6. The molecule has 3 aliphatic rings. The molecular formula is C28H30F2N4O3. The Kier molecular flexibility index (Phi) is 6.20. The van der Waals surface area contributed by atoms with Gasteiger partial charge in [-0.3, -0.25) is 9.69 Å². The Balaban J connectivity index is 1.30. The molecule has 0 aliphatic carbocycles. The van der Waals surface area contributed by atoms with E-state index in [-0.39, 0.29) is 36.2 Å². The van der Waals surface area contributed by atoms with E-state index in [1.54, 1.807) is 0 Å². The van der Waals surface area contributed by atoms with E-state index in [1.807, 2.05) is 11.0 Å². The van der Waals surface area contributed by atoms with Crippen LogP contribution in [0, 0.1) is 11.6 Å². The van der Waals surface area contributed by atoms with Gasteiger partial charge in [0.05, 0.1) is 32.5 Å². The molecule has 1 amide bonds. The van der Waals surface area contributed by atoms with Crippen LogP contribution in [-0.2, 0) is 4.79 Å². The lowest BCUT2D eigenvalue weighted by molar-refractivity contribution is -0.134. The Hall–Kier alpha value is -3.30. The molecule has 2 aromatic heterocycles. The number of hydrogen-bond donors (Lipinski definition) is 2. The van der Waals surface area contributed by atoms with Crippen LogP contribution in [-0.4, -0.2) is 75.7 Å². The molecule has 194 valence electrons. The molecule has 3 atom stereocenters. The Morgan fingerprint density at radius 2 is 2.11 bits per heavy atom. The molecule has 6 rings (SSSR count). The smallest absolute Gasteiger partial charge is 0.237 e. The first kappa shape index (κ1) is 24.1. The van der Waals surface area contributed by atoms with Crippen LogP contribution < -0.4 is 4.74 Å². The van der Waals surface area contributed by atoms with Gasteiger partial charge in [-0.25, -0.2) is 13.8 Å². The Labute approximate surface area is 213 Å². The number of amides is 1. The average Bonchev–Trinajstić information content (AvgIpc) is 3.60. The number of aromatic amines is 1. The zero-order valence-electron chi connectivity index (χ0n) is 20.7. The van der Waals surface area contributed by atoms with E-state index in [4.69, 9.17) is 4.74 Å². The third-order valence-corrected chi connectivity index (χ3v) is 8.15. The minimum absolute atomic E-state index is 0.0150. The van der Waals surface area contributed by atoms with Crippen molar-refractivity contribution in [1.82, 2.24) is 19.8 Å². The molecule has 2 unspecified atom stereocenters.